The molecule has 0 spiro atoms. The second-order valence-corrected chi connectivity index (χ2v) is 4.12. The van der Waals surface area contributed by atoms with Crippen molar-refractivity contribution in [3.05, 3.63) is 23.8 Å². The second kappa shape index (κ2) is 4.86. The van der Waals surface area contributed by atoms with Crippen molar-refractivity contribution in [2.45, 2.75) is 11.9 Å². The molecule has 0 atom stereocenters. The Morgan fingerprint density at radius 3 is 3.12 bits per heavy atom. The molecule has 2 heterocycles. The molecule has 0 saturated heterocycles. The minimum atomic E-state index is 0.189. The molecule has 5 nitrogen and oxygen atoms in total. The predicted molar refractivity (Wildman–Crippen MR) is 58.2 cm³/mol. The van der Waals surface area contributed by atoms with Gasteiger partial charge in [0, 0.05) is 0 Å². The smallest absolute Gasteiger partial charge is 0.230 e. The molecule has 0 aromatic carbocycles. The monoisotopic (exact) mass is 235 g/mol. The molecule has 0 bridgehead atoms. The summed E-state index contributed by atoms with van der Waals surface area (Å²) < 4.78 is 10.1. The van der Waals surface area contributed by atoms with Crippen molar-refractivity contribution >= 4 is 17.5 Å². The lowest BCUT2D eigenvalue weighted by atomic mass is 10.3. The van der Waals surface area contributed by atoms with Crippen molar-refractivity contribution in [1.29, 1.82) is 5.26 Å². The van der Waals surface area contributed by atoms with Crippen molar-refractivity contribution in [3.8, 4) is 6.07 Å². The van der Waals surface area contributed by atoms with Crippen LogP contribution in [-0.2, 0) is 9.47 Å². The van der Waals surface area contributed by atoms with Gasteiger partial charge >= 0.3 is 0 Å². The number of hydrogen-bond donors (Lipinski definition) is 0. The number of aromatic nitrogens is 2. The Morgan fingerprint density at radius 1 is 1.62 bits per heavy atom. The second-order valence-electron chi connectivity index (χ2n) is 2.87. The van der Waals surface area contributed by atoms with Gasteiger partial charge in [-0.1, -0.05) is 6.92 Å². The Morgan fingerprint density at radius 2 is 2.50 bits per heavy atom. The van der Waals surface area contributed by atoms with Crippen molar-refractivity contribution in [3.63, 3.8) is 0 Å². The average molecular weight is 235 g/mol. The molecule has 1 aliphatic rings. The van der Waals surface area contributed by atoms with E-state index >= 15 is 0 Å². The third-order valence-corrected chi connectivity index (χ3v) is 2.72. The molecule has 0 fully saturated rings. The predicted octanol–water partition coefficient (Wildman–Crippen LogP) is 1.76. The molecule has 1 aliphatic heterocycles. The molecular weight excluding hydrogens is 226 g/mol. The first-order valence-electron chi connectivity index (χ1n) is 4.70. The van der Waals surface area contributed by atoms with Gasteiger partial charge in [-0.2, -0.15) is 5.26 Å². The molecule has 0 unspecified atom stereocenters. The first-order chi connectivity index (χ1) is 7.85. The molecule has 0 aliphatic carbocycles. The molecule has 16 heavy (non-hydrogen) atoms. The highest BCUT2D eigenvalue weighted by Gasteiger charge is 2.15. The molecule has 0 radical (unpaired) electrons. The lowest BCUT2D eigenvalue weighted by Gasteiger charge is -2.03. The zero-order valence-electron chi connectivity index (χ0n) is 8.64. The number of nitrogens with zero attached hydrogens (tertiary/aromatic N) is 3. The molecule has 0 N–H and O–H groups in total. The maximum atomic E-state index is 8.89. The van der Waals surface area contributed by atoms with E-state index in [0.29, 0.717) is 22.2 Å². The third-order valence-electron chi connectivity index (χ3n) is 1.85. The van der Waals surface area contributed by atoms with Crippen LogP contribution in [0.3, 0.4) is 0 Å². The molecule has 1 aromatic heterocycles. The Labute approximate surface area is 97.1 Å². The molecule has 0 amide bonds. The highest BCUT2D eigenvalue weighted by atomic mass is 32.2. The van der Waals surface area contributed by atoms with E-state index in [4.69, 9.17) is 14.7 Å². The summed E-state index contributed by atoms with van der Waals surface area (Å²) in [6.07, 6.45) is 2.98. The largest absolute Gasteiger partial charge is 0.461 e. The van der Waals surface area contributed by atoms with Crippen LogP contribution in [0.15, 0.2) is 17.5 Å². The van der Waals surface area contributed by atoms with Gasteiger partial charge in [-0.05, 0) is 5.75 Å². The molecule has 82 valence electrons. The zero-order chi connectivity index (χ0) is 11.4. The standard InChI is InChI=1S/C10H9N3O2S/c1-2-16-10-7(3-11)4-12-9(13-10)8-5-14-6-15-8/h4-5H,2,6H2,1H3. The molecule has 6 heteroatoms. The maximum Gasteiger partial charge on any atom is 0.230 e. The fourth-order valence-electron chi connectivity index (χ4n) is 1.17. The van der Waals surface area contributed by atoms with Crippen LogP contribution < -0.4 is 0 Å². The summed E-state index contributed by atoms with van der Waals surface area (Å²) in [4.78, 5) is 8.33. The highest BCUT2D eigenvalue weighted by molar-refractivity contribution is 7.99. The minimum Gasteiger partial charge on any atom is -0.461 e. The fourth-order valence-corrected chi connectivity index (χ4v) is 1.85. The number of thioether (sulfide) groups is 1. The van der Waals surface area contributed by atoms with Crippen LogP contribution in [0.1, 0.15) is 18.3 Å². The highest BCUT2D eigenvalue weighted by Crippen LogP contribution is 2.23. The summed E-state index contributed by atoms with van der Waals surface area (Å²) in [7, 11) is 0. The molecular formula is C10H9N3O2S. The van der Waals surface area contributed by atoms with Crippen molar-refractivity contribution < 1.29 is 9.47 Å². The lowest BCUT2D eigenvalue weighted by molar-refractivity contribution is 0.0999. The summed E-state index contributed by atoms with van der Waals surface area (Å²) in [5.74, 6) is 1.80. The molecule has 1 aromatic rings. The number of nitriles is 1. The van der Waals surface area contributed by atoms with Gasteiger partial charge in [0.1, 0.15) is 22.9 Å². The van der Waals surface area contributed by atoms with E-state index in [1.54, 1.807) is 0 Å². The lowest BCUT2D eigenvalue weighted by Crippen LogP contribution is -1.99. The van der Waals surface area contributed by atoms with Crippen molar-refractivity contribution in [2.75, 3.05) is 12.5 Å². The Kier molecular flexibility index (Phi) is 3.27. The normalized spacial score (nSPS) is 13.6. The molecule has 2 rings (SSSR count). The number of rotatable bonds is 3. The van der Waals surface area contributed by atoms with Gasteiger partial charge in [-0.15, -0.1) is 11.8 Å². The Balaban J connectivity index is 2.35. The quantitative estimate of drug-likeness (QED) is 0.587. The van der Waals surface area contributed by atoms with Gasteiger partial charge in [-0.25, -0.2) is 9.97 Å². The van der Waals surface area contributed by atoms with Crippen LogP contribution in [0.4, 0.5) is 0 Å². The minimum absolute atomic E-state index is 0.189. The van der Waals surface area contributed by atoms with Crippen molar-refractivity contribution in [2.24, 2.45) is 0 Å². The SMILES string of the molecule is CCSc1nc(C2=COCO2)ncc1C#N. The van der Waals surface area contributed by atoms with E-state index in [1.807, 2.05) is 6.92 Å². The average Bonchev–Trinajstić information content (AvgIpc) is 2.83. The van der Waals surface area contributed by atoms with Gasteiger partial charge in [0.05, 0.1) is 6.20 Å². The van der Waals surface area contributed by atoms with Gasteiger partial charge in [0.25, 0.3) is 0 Å². The Hall–Kier alpha value is -1.74. The first-order valence-corrected chi connectivity index (χ1v) is 5.68. The summed E-state index contributed by atoms with van der Waals surface area (Å²) >= 11 is 1.50. The van der Waals surface area contributed by atoms with Crippen LogP contribution in [0.25, 0.3) is 5.76 Å². The number of ether oxygens (including phenoxy) is 2. The van der Waals surface area contributed by atoms with E-state index < -0.39 is 0 Å². The third kappa shape index (κ3) is 2.09. The van der Waals surface area contributed by atoms with Crippen LogP contribution in [0.2, 0.25) is 0 Å². The van der Waals surface area contributed by atoms with Crippen molar-refractivity contribution in [1.82, 2.24) is 9.97 Å². The van der Waals surface area contributed by atoms with E-state index in [9.17, 15) is 0 Å². The first kappa shape index (κ1) is 10.8. The fraction of sp³-hybridized carbons (Fsp3) is 0.300. The summed E-state index contributed by atoms with van der Waals surface area (Å²) in [5.41, 5.74) is 0.482. The van der Waals surface area contributed by atoms with E-state index in [2.05, 4.69) is 16.0 Å². The summed E-state index contributed by atoms with van der Waals surface area (Å²) in [5, 5.41) is 9.56. The molecule has 0 saturated carbocycles. The topological polar surface area (TPSA) is 68.0 Å². The number of hydrogen-bond acceptors (Lipinski definition) is 6. The van der Waals surface area contributed by atoms with Crippen LogP contribution in [0, 0.1) is 11.3 Å². The van der Waals surface area contributed by atoms with Crippen LogP contribution in [0.5, 0.6) is 0 Å². The van der Waals surface area contributed by atoms with Gasteiger partial charge in [0.15, 0.2) is 5.82 Å². The van der Waals surface area contributed by atoms with Gasteiger partial charge in [0.2, 0.25) is 12.6 Å². The van der Waals surface area contributed by atoms with E-state index in [-0.39, 0.29) is 6.79 Å². The summed E-state index contributed by atoms with van der Waals surface area (Å²) in [6, 6.07) is 2.06. The van der Waals surface area contributed by atoms with E-state index in [0.717, 1.165) is 5.75 Å². The zero-order valence-corrected chi connectivity index (χ0v) is 9.45. The van der Waals surface area contributed by atoms with Crippen LogP contribution in [-0.4, -0.2) is 22.5 Å². The Bertz CT molecular complexity index is 468. The van der Waals surface area contributed by atoms with Gasteiger partial charge in [-0.3, -0.25) is 0 Å². The van der Waals surface area contributed by atoms with Gasteiger partial charge < -0.3 is 9.47 Å². The maximum absolute atomic E-state index is 8.89. The summed E-state index contributed by atoms with van der Waals surface area (Å²) in [6.45, 7) is 2.19. The van der Waals surface area contributed by atoms with E-state index in [1.165, 1.54) is 24.2 Å². The van der Waals surface area contributed by atoms with Crippen LogP contribution >= 0.6 is 11.8 Å².